The predicted molar refractivity (Wildman–Crippen MR) is 63.1 cm³/mol. The molecule has 0 amide bonds. The van der Waals surface area contributed by atoms with Crippen LogP contribution in [0.4, 0.5) is 0 Å². The van der Waals surface area contributed by atoms with Crippen molar-refractivity contribution in [2.45, 2.75) is 19.3 Å². The van der Waals surface area contributed by atoms with Crippen LogP contribution in [0.15, 0.2) is 53.6 Å². The maximum absolute atomic E-state index is 4.16. The molecular weight excluding hydrogens is 180 g/mol. The average molecular weight is 193 g/mol. The Kier molecular flexibility index (Phi) is 1.88. The van der Waals surface area contributed by atoms with Crippen LogP contribution < -0.4 is 0 Å². The molecule has 0 heteroatoms. The van der Waals surface area contributed by atoms with Gasteiger partial charge in [-0.2, -0.15) is 0 Å². The van der Waals surface area contributed by atoms with E-state index in [1.165, 1.54) is 40.7 Å². The third-order valence-electron chi connectivity index (χ3n) is 3.22. The van der Waals surface area contributed by atoms with Crippen LogP contribution in [0.25, 0.3) is 5.57 Å². The molecule has 0 atom stereocenters. The number of rotatable bonds is 1. The molecule has 1 radical (unpaired) electrons. The first kappa shape index (κ1) is 8.72. The molecule has 15 heavy (non-hydrogen) atoms. The van der Waals surface area contributed by atoms with Gasteiger partial charge in [-0.15, -0.1) is 0 Å². The van der Waals surface area contributed by atoms with E-state index in [1.54, 1.807) is 0 Å². The fraction of sp³-hybridized carbons (Fsp3) is 0.200. The van der Waals surface area contributed by atoms with Crippen molar-refractivity contribution >= 4 is 5.57 Å². The van der Waals surface area contributed by atoms with Gasteiger partial charge in [0.25, 0.3) is 0 Å². The molecule has 0 bridgehead atoms. The summed E-state index contributed by atoms with van der Waals surface area (Å²) in [5, 5.41) is 0. The van der Waals surface area contributed by atoms with E-state index in [9.17, 15) is 0 Å². The molecular formula is C15H13. The zero-order valence-corrected chi connectivity index (χ0v) is 8.72. The minimum atomic E-state index is 0.906. The second-order valence-corrected chi connectivity index (χ2v) is 4.16. The van der Waals surface area contributed by atoms with Crippen LogP contribution in [0.1, 0.15) is 24.8 Å². The Hall–Kier alpha value is -1.56. The molecule has 1 fully saturated rings. The van der Waals surface area contributed by atoms with Gasteiger partial charge in [0.15, 0.2) is 0 Å². The second-order valence-electron chi connectivity index (χ2n) is 4.16. The van der Waals surface area contributed by atoms with Gasteiger partial charge < -0.3 is 0 Å². The third kappa shape index (κ3) is 1.29. The Morgan fingerprint density at radius 1 is 1.07 bits per heavy atom. The summed E-state index contributed by atoms with van der Waals surface area (Å²) in [6.45, 7) is 4.16. The van der Waals surface area contributed by atoms with Gasteiger partial charge in [-0.25, -0.2) is 0 Å². The lowest BCUT2D eigenvalue weighted by atomic mass is 9.74. The Balaban J connectivity index is 2.15. The molecule has 0 saturated heterocycles. The maximum Gasteiger partial charge on any atom is -0.00196 e. The molecule has 0 unspecified atom stereocenters. The molecule has 3 rings (SSSR count). The van der Waals surface area contributed by atoms with E-state index in [0.29, 0.717) is 0 Å². The number of benzene rings is 1. The molecule has 73 valence electrons. The van der Waals surface area contributed by atoms with Crippen molar-refractivity contribution in [2.24, 2.45) is 0 Å². The van der Waals surface area contributed by atoms with Gasteiger partial charge in [0.05, 0.1) is 0 Å². The Morgan fingerprint density at radius 2 is 1.87 bits per heavy atom. The summed E-state index contributed by atoms with van der Waals surface area (Å²) >= 11 is 0. The lowest BCUT2D eigenvalue weighted by Gasteiger charge is -2.30. The molecule has 1 aromatic rings. The van der Waals surface area contributed by atoms with E-state index in [4.69, 9.17) is 0 Å². The van der Waals surface area contributed by atoms with Crippen LogP contribution in [0, 0.1) is 6.08 Å². The Bertz CT molecular complexity index is 472. The SMILES string of the molecule is C=C1C[C]=C2CCC2=C1c1ccccc1. The maximum atomic E-state index is 4.16. The van der Waals surface area contributed by atoms with E-state index in [1.807, 2.05) is 0 Å². The van der Waals surface area contributed by atoms with E-state index in [2.05, 4.69) is 43.0 Å². The number of hydrogen-bond acceptors (Lipinski definition) is 0. The van der Waals surface area contributed by atoms with Crippen LogP contribution in [-0.2, 0) is 0 Å². The molecule has 0 aliphatic heterocycles. The molecule has 1 saturated carbocycles. The molecule has 0 aromatic heterocycles. The first-order valence-corrected chi connectivity index (χ1v) is 5.43. The van der Waals surface area contributed by atoms with Gasteiger partial charge in [0.1, 0.15) is 0 Å². The first-order chi connectivity index (χ1) is 7.36. The van der Waals surface area contributed by atoms with Crippen molar-refractivity contribution in [2.75, 3.05) is 0 Å². The van der Waals surface area contributed by atoms with Crippen LogP contribution in [0.5, 0.6) is 0 Å². The standard InChI is InChI=1S/C15H13/c1-11-7-8-12-9-10-14(12)15(11)13-5-3-2-4-6-13/h2-6H,1,7,9-10H2. The van der Waals surface area contributed by atoms with Gasteiger partial charge >= 0.3 is 0 Å². The van der Waals surface area contributed by atoms with Gasteiger partial charge in [0.2, 0.25) is 0 Å². The Morgan fingerprint density at radius 3 is 2.53 bits per heavy atom. The van der Waals surface area contributed by atoms with E-state index < -0.39 is 0 Å². The smallest absolute Gasteiger partial charge is 0.00196 e. The summed E-state index contributed by atoms with van der Waals surface area (Å²) in [6, 6.07) is 10.6. The quantitative estimate of drug-likeness (QED) is 0.634. The summed E-state index contributed by atoms with van der Waals surface area (Å²) in [5.41, 5.74) is 6.84. The van der Waals surface area contributed by atoms with Gasteiger partial charge in [-0.1, -0.05) is 36.9 Å². The highest BCUT2D eigenvalue weighted by atomic mass is 14.3. The molecule has 0 spiro atoms. The van der Waals surface area contributed by atoms with Crippen molar-refractivity contribution in [3.05, 3.63) is 65.3 Å². The largest absolute Gasteiger partial charge is 0.0949 e. The number of hydrogen-bond donors (Lipinski definition) is 0. The van der Waals surface area contributed by atoms with E-state index >= 15 is 0 Å². The number of allylic oxidation sites excluding steroid dienone is 5. The van der Waals surface area contributed by atoms with Crippen LogP contribution in [0.3, 0.4) is 0 Å². The fourth-order valence-corrected chi connectivity index (χ4v) is 2.34. The van der Waals surface area contributed by atoms with Crippen molar-refractivity contribution in [3.8, 4) is 0 Å². The van der Waals surface area contributed by atoms with Crippen molar-refractivity contribution in [3.63, 3.8) is 0 Å². The van der Waals surface area contributed by atoms with Gasteiger partial charge in [-0.05, 0) is 53.2 Å². The van der Waals surface area contributed by atoms with E-state index in [0.717, 1.165) is 6.42 Å². The van der Waals surface area contributed by atoms with Crippen molar-refractivity contribution < 1.29 is 0 Å². The monoisotopic (exact) mass is 193 g/mol. The fourth-order valence-electron chi connectivity index (χ4n) is 2.34. The minimum absolute atomic E-state index is 0.906. The molecule has 0 N–H and O–H groups in total. The zero-order chi connectivity index (χ0) is 10.3. The third-order valence-corrected chi connectivity index (χ3v) is 3.22. The molecule has 2 aliphatic carbocycles. The lowest BCUT2D eigenvalue weighted by molar-refractivity contribution is 0.801. The Labute approximate surface area is 90.6 Å². The summed E-state index contributed by atoms with van der Waals surface area (Å²) in [5.74, 6) is 0. The summed E-state index contributed by atoms with van der Waals surface area (Å²) in [4.78, 5) is 0. The van der Waals surface area contributed by atoms with E-state index in [-0.39, 0.29) is 0 Å². The highest BCUT2D eigenvalue weighted by Crippen LogP contribution is 2.45. The molecule has 1 aromatic carbocycles. The molecule has 0 nitrogen and oxygen atoms in total. The highest BCUT2D eigenvalue weighted by molar-refractivity contribution is 5.86. The zero-order valence-electron chi connectivity index (χ0n) is 8.72. The summed E-state index contributed by atoms with van der Waals surface area (Å²) < 4.78 is 0. The first-order valence-electron chi connectivity index (χ1n) is 5.43. The van der Waals surface area contributed by atoms with Crippen LogP contribution in [-0.4, -0.2) is 0 Å². The van der Waals surface area contributed by atoms with Gasteiger partial charge in [-0.3, -0.25) is 0 Å². The molecule has 2 aliphatic rings. The van der Waals surface area contributed by atoms with Gasteiger partial charge in [0, 0.05) is 0 Å². The topological polar surface area (TPSA) is 0 Å². The average Bonchev–Trinajstić information content (AvgIpc) is 2.24. The second kappa shape index (κ2) is 3.23. The van der Waals surface area contributed by atoms with Crippen molar-refractivity contribution in [1.82, 2.24) is 0 Å². The van der Waals surface area contributed by atoms with Crippen molar-refractivity contribution in [1.29, 1.82) is 0 Å². The predicted octanol–water partition coefficient (Wildman–Crippen LogP) is 3.92. The summed E-state index contributed by atoms with van der Waals surface area (Å²) in [7, 11) is 0. The van der Waals surface area contributed by atoms with Crippen LogP contribution in [0.2, 0.25) is 0 Å². The minimum Gasteiger partial charge on any atom is -0.0949 e. The van der Waals surface area contributed by atoms with Crippen LogP contribution >= 0.6 is 0 Å². The highest BCUT2D eigenvalue weighted by Gasteiger charge is 2.25. The lowest BCUT2D eigenvalue weighted by Crippen LogP contribution is -2.11. The molecule has 0 heterocycles. The number of fused-ring (bicyclic) bond motifs is 1. The summed E-state index contributed by atoms with van der Waals surface area (Å²) in [6.07, 6.45) is 6.74. The normalized spacial score (nSPS) is 19.5.